The predicted octanol–water partition coefficient (Wildman–Crippen LogP) is -1.62. The molecule has 1 rings (SSSR count). The molecule has 1 amide bonds. The van der Waals surface area contributed by atoms with Crippen molar-refractivity contribution in [1.82, 2.24) is 19.2 Å². The van der Waals surface area contributed by atoms with E-state index in [0.29, 0.717) is 6.54 Å². The lowest BCUT2D eigenvalue weighted by molar-refractivity contribution is -0.132. The Kier molecular flexibility index (Phi) is 9.78. The summed E-state index contributed by atoms with van der Waals surface area (Å²) in [7, 11) is -1.48. The van der Waals surface area contributed by atoms with Crippen LogP contribution in [0.5, 0.6) is 0 Å². The molecule has 23 heavy (non-hydrogen) atoms. The Balaban J connectivity index is 0.00000149. The fraction of sp³-hybridized carbons (Fsp3) is 0.583. The number of imidazole rings is 1. The maximum atomic E-state index is 12.0. The number of carbonyl (C=O) groups is 2. The fourth-order valence-corrected chi connectivity index (χ4v) is 2.12. The van der Waals surface area contributed by atoms with Gasteiger partial charge in [-0.2, -0.15) is 0 Å². The molecule has 1 aromatic heterocycles. The number of amides is 1. The first-order valence-corrected chi connectivity index (χ1v) is 8.50. The van der Waals surface area contributed by atoms with Crippen molar-refractivity contribution in [2.45, 2.75) is 13.0 Å². The fourth-order valence-electron chi connectivity index (χ4n) is 1.65. The average molecular weight is 350 g/mol. The number of rotatable bonds is 8. The van der Waals surface area contributed by atoms with E-state index in [1.54, 1.807) is 17.1 Å². The smallest absolute Gasteiger partial charge is 0.290 e. The molecule has 10 nitrogen and oxygen atoms in total. The number of aryl methyl sites for hydroxylation is 1. The molecule has 0 radical (unpaired) electrons. The van der Waals surface area contributed by atoms with E-state index < -0.39 is 10.0 Å². The molecule has 1 heterocycles. The van der Waals surface area contributed by atoms with E-state index >= 15 is 0 Å². The first-order valence-electron chi connectivity index (χ1n) is 6.61. The van der Waals surface area contributed by atoms with Crippen LogP contribution in [0.4, 0.5) is 0 Å². The molecule has 11 heteroatoms. The molecular formula is C12H22N4O6S. The van der Waals surface area contributed by atoms with Gasteiger partial charge in [0.05, 0.1) is 31.4 Å². The summed E-state index contributed by atoms with van der Waals surface area (Å²) in [6, 6.07) is 0. The van der Waals surface area contributed by atoms with Gasteiger partial charge in [0.15, 0.2) is 0 Å². The van der Waals surface area contributed by atoms with Crippen LogP contribution in [-0.2, 0) is 33.2 Å². The van der Waals surface area contributed by atoms with Gasteiger partial charge in [0, 0.05) is 32.8 Å². The van der Waals surface area contributed by atoms with Crippen LogP contribution in [0, 0.1) is 0 Å². The van der Waals surface area contributed by atoms with Crippen molar-refractivity contribution in [2.75, 3.05) is 26.0 Å². The number of hydrogen-bond donors (Lipinski definition) is 3. The Hall–Kier alpha value is -1.98. The second kappa shape index (κ2) is 10.7. The van der Waals surface area contributed by atoms with Crippen LogP contribution in [0.1, 0.15) is 12.1 Å². The minimum Gasteiger partial charge on any atom is -0.483 e. The largest absolute Gasteiger partial charge is 0.483 e. The van der Waals surface area contributed by atoms with Gasteiger partial charge in [-0.25, -0.2) is 18.1 Å². The molecule has 0 unspecified atom stereocenters. The highest BCUT2D eigenvalue weighted by atomic mass is 32.2. The summed E-state index contributed by atoms with van der Waals surface area (Å²) in [5.74, 6) is -0.226. The van der Waals surface area contributed by atoms with E-state index in [4.69, 9.17) is 15.0 Å². The minimum absolute atomic E-state index is 0.0465. The van der Waals surface area contributed by atoms with E-state index in [0.717, 1.165) is 11.9 Å². The monoisotopic (exact) mass is 350 g/mol. The highest BCUT2D eigenvalue weighted by Crippen LogP contribution is 2.04. The van der Waals surface area contributed by atoms with E-state index in [1.807, 2.05) is 7.05 Å². The van der Waals surface area contributed by atoms with Crippen molar-refractivity contribution in [3.8, 4) is 0 Å². The number of nitrogens with one attached hydrogen (secondary N) is 1. The summed E-state index contributed by atoms with van der Waals surface area (Å²) >= 11 is 0. The SMILES string of the molecule is Cn1cncc1CN(CCO)C(=O)CCNS(C)(=O)=O.O=CO. The lowest BCUT2D eigenvalue weighted by Gasteiger charge is -2.21. The van der Waals surface area contributed by atoms with Crippen LogP contribution in [0.2, 0.25) is 0 Å². The van der Waals surface area contributed by atoms with Gasteiger partial charge < -0.3 is 19.7 Å². The molecule has 0 saturated heterocycles. The third kappa shape index (κ3) is 9.60. The Labute approximate surface area is 134 Å². The third-order valence-electron chi connectivity index (χ3n) is 2.70. The van der Waals surface area contributed by atoms with Gasteiger partial charge >= 0.3 is 0 Å². The van der Waals surface area contributed by atoms with Crippen LogP contribution in [0.15, 0.2) is 12.5 Å². The molecule has 0 aliphatic rings. The minimum atomic E-state index is -3.30. The maximum absolute atomic E-state index is 12.0. The van der Waals surface area contributed by atoms with E-state index in [-0.39, 0.29) is 38.5 Å². The van der Waals surface area contributed by atoms with Gasteiger partial charge in [-0.05, 0) is 0 Å². The molecule has 0 aromatic carbocycles. The van der Waals surface area contributed by atoms with E-state index in [9.17, 15) is 13.2 Å². The number of carboxylic acid groups (broad SMARTS) is 1. The maximum Gasteiger partial charge on any atom is 0.290 e. The molecule has 0 spiro atoms. The first-order chi connectivity index (χ1) is 10.7. The number of aliphatic hydroxyl groups is 1. The lowest BCUT2D eigenvalue weighted by atomic mass is 10.3. The van der Waals surface area contributed by atoms with Gasteiger partial charge in [-0.3, -0.25) is 9.59 Å². The zero-order valence-electron chi connectivity index (χ0n) is 13.0. The van der Waals surface area contributed by atoms with Gasteiger partial charge in [0.1, 0.15) is 0 Å². The average Bonchev–Trinajstić information content (AvgIpc) is 2.83. The van der Waals surface area contributed by atoms with Crippen LogP contribution < -0.4 is 4.72 Å². The third-order valence-corrected chi connectivity index (χ3v) is 3.42. The van der Waals surface area contributed by atoms with Crippen LogP contribution >= 0.6 is 0 Å². The number of nitrogens with zero attached hydrogens (tertiary/aromatic N) is 3. The molecular weight excluding hydrogens is 328 g/mol. The Morgan fingerprint density at radius 2 is 2.13 bits per heavy atom. The molecule has 0 aliphatic carbocycles. The van der Waals surface area contributed by atoms with Crippen LogP contribution in [0.3, 0.4) is 0 Å². The van der Waals surface area contributed by atoms with E-state index in [1.165, 1.54) is 4.90 Å². The highest BCUT2D eigenvalue weighted by molar-refractivity contribution is 7.88. The molecule has 132 valence electrons. The summed E-state index contributed by atoms with van der Waals surface area (Å²) in [6.07, 6.45) is 4.36. The Morgan fingerprint density at radius 1 is 1.52 bits per heavy atom. The summed E-state index contributed by atoms with van der Waals surface area (Å²) in [5.41, 5.74) is 0.836. The van der Waals surface area contributed by atoms with Crippen molar-refractivity contribution >= 4 is 22.4 Å². The van der Waals surface area contributed by atoms with Gasteiger partial charge in [0.25, 0.3) is 6.47 Å². The number of aliphatic hydroxyl groups excluding tert-OH is 1. The van der Waals surface area contributed by atoms with Gasteiger partial charge in [-0.15, -0.1) is 0 Å². The molecule has 0 bridgehead atoms. The second-order valence-electron chi connectivity index (χ2n) is 4.56. The lowest BCUT2D eigenvalue weighted by Crippen LogP contribution is -2.36. The zero-order valence-corrected chi connectivity index (χ0v) is 13.9. The molecule has 1 aromatic rings. The van der Waals surface area contributed by atoms with Crippen molar-refractivity contribution in [2.24, 2.45) is 7.05 Å². The van der Waals surface area contributed by atoms with E-state index in [2.05, 4.69) is 9.71 Å². The zero-order chi connectivity index (χ0) is 17.9. The quantitative estimate of drug-likeness (QED) is 0.478. The number of sulfonamides is 1. The van der Waals surface area contributed by atoms with Crippen molar-refractivity contribution in [3.63, 3.8) is 0 Å². The molecule has 0 atom stereocenters. The normalized spacial score (nSPS) is 10.6. The van der Waals surface area contributed by atoms with Gasteiger partial charge in [-0.1, -0.05) is 0 Å². The van der Waals surface area contributed by atoms with Crippen LogP contribution in [0.25, 0.3) is 0 Å². The molecule has 0 aliphatic heterocycles. The predicted molar refractivity (Wildman–Crippen MR) is 81.9 cm³/mol. The highest BCUT2D eigenvalue weighted by Gasteiger charge is 2.15. The molecule has 0 saturated carbocycles. The van der Waals surface area contributed by atoms with Crippen LogP contribution in [-0.4, -0.2) is 71.4 Å². The van der Waals surface area contributed by atoms with Crippen molar-refractivity contribution < 1.29 is 28.2 Å². The topological polar surface area (TPSA) is 142 Å². The second-order valence-corrected chi connectivity index (χ2v) is 6.39. The Morgan fingerprint density at radius 3 is 2.57 bits per heavy atom. The van der Waals surface area contributed by atoms with Gasteiger partial charge in [0.2, 0.25) is 15.9 Å². The summed E-state index contributed by atoms with van der Waals surface area (Å²) < 4.78 is 25.9. The number of carbonyl (C=O) groups excluding carboxylic acids is 1. The molecule has 3 N–H and O–H groups in total. The Bertz CT molecular complexity index is 586. The number of aromatic nitrogens is 2. The summed E-state index contributed by atoms with van der Waals surface area (Å²) in [6.45, 7) is 0.172. The standard InChI is InChI=1S/C11H20N4O4S.CH2O2/c1-14-9-12-7-10(14)8-15(5-6-16)11(17)3-4-13-20(2,18)19;2-1-3/h7,9,13,16H,3-6,8H2,1-2H3;1H,(H,2,3). The van der Waals surface area contributed by atoms with Crippen molar-refractivity contribution in [1.29, 1.82) is 0 Å². The molecule has 0 fully saturated rings. The first kappa shape index (κ1) is 21.0. The number of hydrogen-bond acceptors (Lipinski definition) is 6. The summed E-state index contributed by atoms with van der Waals surface area (Å²) in [4.78, 5) is 25.8. The van der Waals surface area contributed by atoms with Crippen molar-refractivity contribution in [3.05, 3.63) is 18.2 Å². The summed E-state index contributed by atoms with van der Waals surface area (Å²) in [5, 5.41) is 15.9.